The number of hydrogen-bond acceptors (Lipinski definition) is 2. The van der Waals surface area contributed by atoms with E-state index in [1.807, 2.05) is 42.9 Å². The Morgan fingerprint density at radius 1 is 1.31 bits per heavy atom. The number of nitrogens with one attached hydrogen (secondary N) is 1. The molecule has 0 unspecified atom stereocenters. The molecule has 3 nitrogen and oxygen atoms in total. The Kier molecular flexibility index (Phi) is 3.29. The lowest BCUT2D eigenvalue weighted by Crippen LogP contribution is -2.05. The molecule has 0 aliphatic heterocycles. The fraction of sp³-hybridized carbons (Fsp3) is 0.250. The van der Waals surface area contributed by atoms with Gasteiger partial charge in [-0.3, -0.25) is 4.68 Å². The molecule has 84 valence electrons. The molecule has 0 saturated heterocycles. The van der Waals surface area contributed by atoms with Gasteiger partial charge in [0.05, 0.1) is 17.9 Å². The average molecular weight is 280 g/mol. The Morgan fingerprint density at radius 3 is 2.56 bits per heavy atom. The fourth-order valence-corrected chi connectivity index (χ4v) is 1.85. The first-order valence-corrected chi connectivity index (χ1v) is 5.93. The molecule has 0 saturated carbocycles. The summed E-state index contributed by atoms with van der Waals surface area (Å²) in [5, 5.41) is 7.67. The van der Waals surface area contributed by atoms with Crippen molar-refractivity contribution in [1.82, 2.24) is 9.78 Å². The second-order valence-electron chi connectivity index (χ2n) is 3.76. The molecule has 0 aliphatic carbocycles. The predicted molar refractivity (Wildman–Crippen MR) is 69.4 cm³/mol. The maximum Gasteiger partial charge on any atom is 0.0597 e. The van der Waals surface area contributed by atoms with E-state index in [9.17, 15) is 0 Å². The molecule has 0 spiro atoms. The van der Waals surface area contributed by atoms with Crippen LogP contribution in [0.5, 0.6) is 0 Å². The van der Waals surface area contributed by atoms with Gasteiger partial charge in [0.2, 0.25) is 0 Å². The molecule has 2 rings (SSSR count). The van der Waals surface area contributed by atoms with Gasteiger partial charge in [0.25, 0.3) is 0 Å². The number of aromatic nitrogens is 2. The Bertz CT molecular complexity index is 474. The summed E-state index contributed by atoms with van der Waals surface area (Å²) in [6.07, 6.45) is 0. The van der Waals surface area contributed by atoms with Crippen molar-refractivity contribution in [3.8, 4) is 0 Å². The molecular formula is C12H14BrN3. The summed E-state index contributed by atoms with van der Waals surface area (Å²) in [6.45, 7) is 2.79. The smallest absolute Gasteiger partial charge is 0.0597 e. The van der Waals surface area contributed by atoms with Crippen LogP contribution in [0.1, 0.15) is 11.4 Å². The summed E-state index contributed by atoms with van der Waals surface area (Å²) in [5.41, 5.74) is 3.34. The first-order valence-electron chi connectivity index (χ1n) is 5.14. The summed E-state index contributed by atoms with van der Waals surface area (Å²) in [4.78, 5) is 0. The third kappa shape index (κ3) is 2.64. The summed E-state index contributed by atoms with van der Waals surface area (Å²) in [7, 11) is 1.96. The minimum absolute atomic E-state index is 0.791. The number of anilines is 1. The molecule has 0 bridgehead atoms. The number of hydrogen-bond donors (Lipinski definition) is 1. The van der Waals surface area contributed by atoms with E-state index < -0.39 is 0 Å². The molecule has 0 amide bonds. The van der Waals surface area contributed by atoms with Crippen molar-refractivity contribution in [1.29, 1.82) is 0 Å². The maximum absolute atomic E-state index is 4.31. The highest BCUT2D eigenvalue weighted by Gasteiger charge is 2.01. The molecule has 1 heterocycles. The highest BCUT2D eigenvalue weighted by Crippen LogP contribution is 2.15. The van der Waals surface area contributed by atoms with Crippen LogP contribution in [0.2, 0.25) is 0 Å². The van der Waals surface area contributed by atoms with Gasteiger partial charge in [-0.15, -0.1) is 0 Å². The molecule has 0 atom stereocenters. The number of rotatable bonds is 3. The fourth-order valence-electron chi connectivity index (χ4n) is 1.59. The van der Waals surface area contributed by atoms with Crippen molar-refractivity contribution in [3.63, 3.8) is 0 Å². The van der Waals surface area contributed by atoms with Gasteiger partial charge in [-0.2, -0.15) is 5.10 Å². The summed E-state index contributed by atoms with van der Waals surface area (Å²) in [5.74, 6) is 0. The number of aryl methyl sites for hydroxylation is 2. The van der Waals surface area contributed by atoms with E-state index in [1.54, 1.807) is 0 Å². The van der Waals surface area contributed by atoms with Crippen LogP contribution < -0.4 is 5.32 Å². The number of nitrogens with zero attached hydrogens (tertiary/aromatic N) is 2. The highest BCUT2D eigenvalue weighted by molar-refractivity contribution is 9.10. The minimum atomic E-state index is 0.791. The molecule has 1 aromatic heterocycles. The Hall–Kier alpha value is -1.29. The van der Waals surface area contributed by atoms with E-state index in [0.29, 0.717) is 0 Å². The van der Waals surface area contributed by atoms with Crippen LogP contribution in [0.15, 0.2) is 34.8 Å². The second kappa shape index (κ2) is 4.70. The molecule has 0 aliphatic rings. The Labute approximate surface area is 104 Å². The lowest BCUT2D eigenvalue weighted by atomic mass is 10.3. The van der Waals surface area contributed by atoms with E-state index in [2.05, 4.69) is 32.4 Å². The van der Waals surface area contributed by atoms with Crippen LogP contribution in [0, 0.1) is 6.92 Å². The van der Waals surface area contributed by atoms with Gasteiger partial charge in [-0.1, -0.05) is 15.9 Å². The van der Waals surface area contributed by atoms with Crippen LogP contribution >= 0.6 is 15.9 Å². The number of benzene rings is 1. The molecule has 1 N–H and O–H groups in total. The lowest BCUT2D eigenvalue weighted by Gasteiger charge is -2.06. The molecule has 2 aromatic rings. The molecule has 0 fully saturated rings. The second-order valence-corrected chi connectivity index (χ2v) is 4.68. The third-order valence-corrected chi connectivity index (χ3v) is 2.95. The summed E-state index contributed by atoms with van der Waals surface area (Å²) in [6, 6.07) is 10.2. The molecule has 16 heavy (non-hydrogen) atoms. The quantitative estimate of drug-likeness (QED) is 0.936. The third-order valence-electron chi connectivity index (χ3n) is 2.42. The molecule has 1 aromatic carbocycles. The zero-order valence-electron chi connectivity index (χ0n) is 9.37. The van der Waals surface area contributed by atoms with Gasteiger partial charge in [0.1, 0.15) is 0 Å². The zero-order chi connectivity index (χ0) is 11.5. The normalized spacial score (nSPS) is 10.4. The van der Waals surface area contributed by atoms with Gasteiger partial charge in [-0.25, -0.2) is 0 Å². The van der Waals surface area contributed by atoms with Crippen LogP contribution in [0.25, 0.3) is 0 Å². The standard InChI is InChI=1S/C12H14BrN3/c1-9-7-12(16(2)15-9)8-14-11-5-3-10(13)4-6-11/h3-7,14H,8H2,1-2H3. The molecule has 0 radical (unpaired) electrons. The average Bonchev–Trinajstić information content (AvgIpc) is 2.57. The maximum atomic E-state index is 4.31. The van der Waals surface area contributed by atoms with Gasteiger partial charge in [0, 0.05) is 17.2 Å². The van der Waals surface area contributed by atoms with Crippen LogP contribution in [-0.2, 0) is 13.6 Å². The lowest BCUT2D eigenvalue weighted by molar-refractivity contribution is 0.713. The molecule has 4 heteroatoms. The largest absolute Gasteiger partial charge is 0.379 e. The SMILES string of the molecule is Cc1cc(CNc2ccc(Br)cc2)n(C)n1. The van der Waals surface area contributed by atoms with Crippen molar-refractivity contribution in [2.24, 2.45) is 7.05 Å². The van der Waals surface area contributed by atoms with Crippen molar-refractivity contribution in [3.05, 3.63) is 46.2 Å². The van der Waals surface area contributed by atoms with Gasteiger partial charge < -0.3 is 5.32 Å². The van der Waals surface area contributed by atoms with E-state index in [-0.39, 0.29) is 0 Å². The van der Waals surface area contributed by atoms with Gasteiger partial charge in [-0.05, 0) is 37.3 Å². The topological polar surface area (TPSA) is 29.9 Å². The van der Waals surface area contributed by atoms with E-state index >= 15 is 0 Å². The van der Waals surface area contributed by atoms with E-state index in [0.717, 1.165) is 22.4 Å². The van der Waals surface area contributed by atoms with Crippen molar-refractivity contribution < 1.29 is 0 Å². The summed E-state index contributed by atoms with van der Waals surface area (Å²) >= 11 is 3.41. The monoisotopic (exact) mass is 279 g/mol. The Morgan fingerprint density at radius 2 is 2.00 bits per heavy atom. The number of halogens is 1. The van der Waals surface area contributed by atoms with Crippen LogP contribution in [0.4, 0.5) is 5.69 Å². The minimum Gasteiger partial charge on any atom is -0.379 e. The van der Waals surface area contributed by atoms with E-state index in [4.69, 9.17) is 0 Å². The van der Waals surface area contributed by atoms with Crippen LogP contribution in [-0.4, -0.2) is 9.78 Å². The van der Waals surface area contributed by atoms with Gasteiger partial charge in [0.15, 0.2) is 0 Å². The van der Waals surface area contributed by atoms with Crippen molar-refractivity contribution >= 4 is 21.6 Å². The first-order chi connectivity index (χ1) is 7.65. The molecular weight excluding hydrogens is 266 g/mol. The highest BCUT2D eigenvalue weighted by atomic mass is 79.9. The predicted octanol–water partition coefficient (Wildman–Crippen LogP) is 3.10. The van der Waals surface area contributed by atoms with Crippen molar-refractivity contribution in [2.75, 3.05) is 5.32 Å². The van der Waals surface area contributed by atoms with Crippen molar-refractivity contribution in [2.45, 2.75) is 13.5 Å². The van der Waals surface area contributed by atoms with E-state index in [1.165, 1.54) is 5.69 Å². The van der Waals surface area contributed by atoms with Gasteiger partial charge >= 0.3 is 0 Å². The Balaban J connectivity index is 2.02. The first kappa shape index (κ1) is 11.2. The summed E-state index contributed by atoms with van der Waals surface area (Å²) < 4.78 is 3.00. The zero-order valence-corrected chi connectivity index (χ0v) is 11.0. The van der Waals surface area contributed by atoms with Crippen LogP contribution in [0.3, 0.4) is 0 Å².